The number of rotatable bonds is 3. The van der Waals surface area contributed by atoms with E-state index in [2.05, 4.69) is 11.4 Å². The Labute approximate surface area is 78.2 Å². The Hall–Kier alpha value is -1.05. The van der Waals surface area contributed by atoms with Gasteiger partial charge in [0.15, 0.2) is 0 Å². The minimum atomic E-state index is -0.102. The number of terminal acetylenes is 1. The highest BCUT2D eigenvalue weighted by atomic mass is 16.6. The van der Waals surface area contributed by atoms with Crippen molar-refractivity contribution < 1.29 is 9.63 Å². The number of carbonyl (C=O) groups excluding carboxylic acids is 1. The zero-order chi connectivity index (χ0) is 9.68. The summed E-state index contributed by atoms with van der Waals surface area (Å²) in [5, 5.41) is 0. The van der Waals surface area contributed by atoms with Crippen LogP contribution in [0.1, 0.15) is 12.8 Å². The third-order valence-corrected chi connectivity index (χ3v) is 2.15. The van der Waals surface area contributed by atoms with Crippen molar-refractivity contribution in [2.45, 2.75) is 18.9 Å². The molecular weight excluding hydrogens is 168 g/mol. The quantitative estimate of drug-likeness (QED) is 0.372. The first-order valence-electron chi connectivity index (χ1n) is 4.31. The molecule has 1 aliphatic rings. The van der Waals surface area contributed by atoms with Crippen LogP contribution in [0, 0.1) is 12.3 Å². The van der Waals surface area contributed by atoms with Crippen LogP contribution < -0.4 is 5.48 Å². The van der Waals surface area contributed by atoms with Gasteiger partial charge in [-0.05, 0) is 26.4 Å². The molecule has 1 amide bonds. The molecule has 1 rings (SSSR count). The second kappa shape index (κ2) is 4.85. The zero-order valence-electron chi connectivity index (χ0n) is 7.75. The first kappa shape index (κ1) is 10.0. The molecule has 1 aliphatic heterocycles. The average Bonchev–Trinajstić information content (AvgIpc) is 2.52. The second-order valence-corrected chi connectivity index (χ2v) is 3.10. The summed E-state index contributed by atoms with van der Waals surface area (Å²) in [6, 6.07) is -0.0576. The maximum absolute atomic E-state index is 11.4. The third-order valence-electron chi connectivity index (χ3n) is 2.15. The average molecular weight is 182 g/mol. The van der Waals surface area contributed by atoms with E-state index in [1.54, 1.807) is 0 Å². The van der Waals surface area contributed by atoms with Crippen molar-refractivity contribution in [1.82, 2.24) is 10.4 Å². The Morgan fingerprint density at radius 2 is 2.62 bits per heavy atom. The first-order chi connectivity index (χ1) is 6.25. The number of likely N-dealkylation sites (tertiary alicyclic amines) is 1. The number of hydrogen-bond acceptors (Lipinski definition) is 3. The van der Waals surface area contributed by atoms with Crippen LogP contribution in [0.15, 0.2) is 0 Å². The van der Waals surface area contributed by atoms with Crippen LogP contribution in [0.25, 0.3) is 0 Å². The van der Waals surface area contributed by atoms with Crippen molar-refractivity contribution >= 4 is 5.91 Å². The highest BCUT2D eigenvalue weighted by Gasteiger charge is 2.27. The number of carbonyl (C=O) groups is 1. The predicted octanol–water partition coefficient (Wildman–Crippen LogP) is -0.238. The van der Waals surface area contributed by atoms with Gasteiger partial charge in [0.05, 0.1) is 6.04 Å². The fourth-order valence-corrected chi connectivity index (χ4v) is 1.46. The van der Waals surface area contributed by atoms with E-state index >= 15 is 0 Å². The molecule has 1 fully saturated rings. The SMILES string of the molecule is C#CCONC(=O)C1CCCN1C. The minimum Gasteiger partial charge on any atom is -0.295 e. The smallest absolute Gasteiger partial charge is 0.260 e. The van der Waals surface area contributed by atoms with Gasteiger partial charge in [0.25, 0.3) is 5.91 Å². The van der Waals surface area contributed by atoms with Crippen LogP contribution in [-0.4, -0.2) is 37.0 Å². The van der Waals surface area contributed by atoms with Gasteiger partial charge >= 0.3 is 0 Å². The summed E-state index contributed by atoms with van der Waals surface area (Å²) in [7, 11) is 1.93. The van der Waals surface area contributed by atoms with E-state index in [0.717, 1.165) is 19.4 Å². The molecule has 4 heteroatoms. The lowest BCUT2D eigenvalue weighted by Gasteiger charge is -2.17. The van der Waals surface area contributed by atoms with E-state index in [1.165, 1.54) is 0 Å². The van der Waals surface area contributed by atoms with Gasteiger partial charge in [-0.1, -0.05) is 5.92 Å². The molecule has 1 saturated heterocycles. The molecule has 1 atom stereocenters. The van der Waals surface area contributed by atoms with Crippen molar-refractivity contribution in [3.05, 3.63) is 0 Å². The second-order valence-electron chi connectivity index (χ2n) is 3.10. The first-order valence-corrected chi connectivity index (χ1v) is 4.31. The monoisotopic (exact) mass is 182 g/mol. The molecule has 0 aromatic carbocycles. The fraction of sp³-hybridized carbons (Fsp3) is 0.667. The Kier molecular flexibility index (Phi) is 3.74. The lowest BCUT2D eigenvalue weighted by atomic mass is 10.2. The van der Waals surface area contributed by atoms with Crippen LogP contribution in [0.4, 0.5) is 0 Å². The molecule has 4 nitrogen and oxygen atoms in total. The third kappa shape index (κ3) is 2.72. The van der Waals surface area contributed by atoms with Crippen LogP contribution in [0.2, 0.25) is 0 Å². The molecule has 1 unspecified atom stereocenters. The van der Waals surface area contributed by atoms with E-state index in [4.69, 9.17) is 11.3 Å². The number of likely N-dealkylation sites (N-methyl/N-ethyl adjacent to an activating group) is 1. The van der Waals surface area contributed by atoms with Gasteiger partial charge in [0.2, 0.25) is 0 Å². The standard InChI is InChI=1S/C9H14N2O2/c1-3-7-13-10-9(12)8-5-4-6-11(8)2/h1,8H,4-7H2,2H3,(H,10,12). The van der Waals surface area contributed by atoms with E-state index in [-0.39, 0.29) is 18.6 Å². The van der Waals surface area contributed by atoms with Crippen LogP contribution in [-0.2, 0) is 9.63 Å². The fourth-order valence-electron chi connectivity index (χ4n) is 1.46. The maximum Gasteiger partial charge on any atom is 0.260 e. The van der Waals surface area contributed by atoms with Crippen LogP contribution in [0.5, 0.6) is 0 Å². The molecule has 72 valence electrons. The van der Waals surface area contributed by atoms with Gasteiger partial charge in [-0.15, -0.1) is 6.42 Å². The Balaban J connectivity index is 2.27. The maximum atomic E-state index is 11.4. The van der Waals surface area contributed by atoms with E-state index in [9.17, 15) is 4.79 Å². The molecule has 0 aromatic heterocycles. The molecule has 13 heavy (non-hydrogen) atoms. The van der Waals surface area contributed by atoms with Crippen molar-refractivity contribution in [1.29, 1.82) is 0 Å². The summed E-state index contributed by atoms with van der Waals surface area (Å²) in [5.74, 6) is 2.17. The van der Waals surface area contributed by atoms with Crippen LogP contribution >= 0.6 is 0 Å². The van der Waals surface area contributed by atoms with Gasteiger partial charge in [-0.2, -0.15) is 0 Å². The number of amides is 1. The Morgan fingerprint density at radius 3 is 3.15 bits per heavy atom. The van der Waals surface area contributed by atoms with E-state index < -0.39 is 0 Å². The topological polar surface area (TPSA) is 41.6 Å². The Morgan fingerprint density at radius 1 is 1.85 bits per heavy atom. The zero-order valence-corrected chi connectivity index (χ0v) is 7.75. The van der Waals surface area contributed by atoms with Gasteiger partial charge in [0, 0.05) is 0 Å². The number of nitrogens with zero attached hydrogens (tertiary/aromatic N) is 1. The number of hydrogen-bond donors (Lipinski definition) is 1. The summed E-state index contributed by atoms with van der Waals surface area (Å²) >= 11 is 0. The molecule has 0 saturated carbocycles. The van der Waals surface area contributed by atoms with Gasteiger partial charge < -0.3 is 0 Å². The molecule has 0 aliphatic carbocycles. The van der Waals surface area contributed by atoms with Crippen molar-refractivity contribution in [2.24, 2.45) is 0 Å². The van der Waals surface area contributed by atoms with Gasteiger partial charge in [-0.3, -0.25) is 14.5 Å². The summed E-state index contributed by atoms with van der Waals surface area (Å²) in [6.45, 7) is 1.08. The summed E-state index contributed by atoms with van der Waals surface area (Å²) in [5.41, 5.74) is 2.33. The lowest BCUT2D eigenvalue weighted by molar-refractivity contribution is -0.136. The minimum absolute atomic E-state index is 0.0576. The highest BCUT2D eigenvalue weighted by Crippen LogP contribution is 2.14. The summed E-state index contributed by atoms with van der Waals surface area (Å²) in [6.07, 6.45) is 6.91. The van der Waals surface area contributed by atoms with Crippen LogP contribution in [0.3, 0.4) is 0 Å². The lowest BCUT2D eigenvalue weighted by Crippen LogP contribution is -2.41. The normalized spacial score (nSPS) is 22.6. The predicted molar refractivity (Wildman–Crippen MR) is 48.6 cm³/mol. The van der Waals surface area contributed by atoms with Crippen molar-refractivity contribution in [2.75, 3.05) is 20.2 Å². The van der Waals surface area contributed by atoms with Crippen molar-refractivity contribution in [3.8, 4) is 12.3 Å². The molecule has 0 bridgehead atoms. The molecule has 0 radical (unpaired) electrons. The van der Waals surface area contributed by atoms with Crippen molar-refractivity contribution in [3.63, 3.8) is 0 Å². The molecule has 1 heterocycles. The van der Waals surface area contributed by atoms with E-state index in [1.807, 2.05) is 11.9 Å². The van der Waals surface area contributed by atoms with Gasteiger partial charge in [-0.25, -0.2) is 5.48 Å². The molecule has 1 N–H and O–H groups in total. The van der Waals surface area contributed by atoms with Gasteiger partial charge in [0.1, 0.15) is 6.61 Å². The highest BCUT2D eigenvalue weighted by molar-refractivity contribution is 5.80. The number of hydroxylamine groups is 1. The van der Waals surface area contributed by atoms with E-state index in [0.29, 0.717) is 0 Å². The molecular formula is C9H14N2O2. The number of nitrogens with one attached hydrogen (secondary N) is 1. The summed E-state index contributed by atoms with van der Waals surface area (Å²) < 4.78 is 0. The molecule has 0 spiro atoms. The largest absolute Gasteiger partial charge is 0.295 e. The molecule has 0 aromatic rings. The summed E-state index contributed by atoms with van der Waals surface area (Å²) in [4.78, 5) is 18.1. The Bertz CT molecular complexity index is 222.